The van der Waals surface area contributed by atoms with E-state index in [4.69, 9.17) is 5.73 Å². The summed E-state index contributed by atoms with van der Waals surface area (Å²) in [6.45, 7) is 6.95. The lowest BCUT2D eigenvalue weighted by Crippen LogP contribution is -2.36. The molecule has 1 saturated carbocycles. The van der Waals surface area contributed by atoms with Crippen molar-refractivity contribution in [2.45, 2.75) is 53.5 Å². The predicted molar refractivity (Wildman–Crippen MR) is 56.5 cm³/mol. The van der Waals surface area contributed by atoms with Gasteiger partial charge in [-0.2, -0.15) is 0 Å². The fourth-order valence-corrected chi connectivity index (χ4v) is 2.42. The second-order valence-corrected chi connectivity index (χ2v) is 4.67. The summed E-state index contributed by atoms with van der Waals surface area (Å²) in [5.41, 5.74) is 6.40. The van der Waals surface area contributed by atoms with E-state index in [0.717, 1.165) is 5.92 Å². The monoisotopic (exact) mass is 174 g/mol. The van der Waals surface area contributed by atoms with Crippen molar-refractivity contribution in [3.63, 3.8) is 0 Å². The third-order valence-electron chi connectivity index (χ3n) is 2.42. The maximum Gasteiger partial charge on any atom is 0.00464 e. The molecule has 0 heterocycles. The highest BCUT2D eigenvalue weighted by Crippen LogP contribution is 2.37. The molecular weight excluding hydrogens is 148 g/mol. The molecule has 0 radical (unpaired) electrons. The van der Waals surface area contributed by atoms with Gasteiger partial charge in [0.1, 0.15) is 0 Å². The van der Waals surface area contributed by atoms with Crippen molar-refractivity contribution in [2.75, 3.05) is 0 Å². The predicted octanol–water partition coefficient (Wildman–Crippen LogP) is 2.96. The molecule has 2 nitrogen and oxygen atoms in total. The Morgan fingerprint density at radius 3 is 2.08 bits per heavy atom. The zero-order valence-electron chi connectivity index (χ0n) is 8.06. The summed E-state index contributed by atoms with van der Waals surface area (Å²) in [4.78, 5) is 0. The fraction of sp³-hybridized carbons (Fsp3) is 1.00. The standard InChI is InChI=1S/C9H19N.CH4.H3N/c1-7-4-8(10)6-9(2,3)5-7;;/h7-8H,4-6,10H2,1-3H3;1H4;1H3. The van der Waals surface area contributed by atoms with E-state index in [1.165, 1.54) is 19.3 Å². The van der Waals surface area contributed by atoms with E-state index in [9.17, 15) is 0 Å². The number of hydrogen-bond acceptors (Lipinski definition) is 2. The molecule has 0 spiro atoms. The third kappa shape index (κ3) is 4.07. The summed E-state index contributed by atoms with van der Waals surface area (Å²) in [5, 5.41) is 0. The summed E-state index contributed by atoms with van der Waals surface area (Å²) in [6, 6.07) is 0.457. The van der Waals surface area contributed by atoms with E-state index in [2.05, 4.69) is 20.8 Å². The van der Waals surface area contributed by atoms with Gasteiger partial charge < -0.3 is 11.9 Å². The molecule has 2 unspecified atom stereocenters. The molecule has 1 rings (SSSR count). The first-order chi connectivity index (χ1) is 4.49. The SMILES string of the molecule is C.CC1CC(N)CC(C)(C)C1.N. The summed E-state index contributed by atoms with van der Waals surface area (Å²) in [7, 11) is 0. The Balaban J connectivity index is 0. The molecule has 0 aromatic heterocycles. The molecule has 2 atom stereocenters. The highest BCUT2D eigenvalue weighted by atomic mass is 14.7. The van der Waals surface area contributed by atoms with E-state index >= 15 is 0 Å². The number of rotatable bonds is 0. The summed E-state index contributed by atoms with van der Waals surface area (Å²) >= 11 is 0. The van der Waals surface area contributed by atoms with Crippen molar-refractivity contribution >= 4 is 0 Å². The zero-order valence-corrected chi connectivity index (χ0v) is 8.06. The number of nitrogens with two attached hydrogens (primary N) is 1. The van der Waals surface area contributed by atoms with Crippen LogP contribution in [0, 0.1) is 11.3 Å². The minimum absolute atomic E-state index is 0. The van der Waals surface area contributed by atoms with E-state index in [0.29, 0.717) is 11.5 Å². The Hall–Kier alpha value is -0.0800. The van der Waals surface area contributed by atoms with Crippen molar-refractivity contribution in [1.82, 2.24) is 6.15 Å². The van der Waals surface area contributed by atoms with Gasteiger partial charge in [0.05, 0.1) is 0 Å². The normalized spacial score (nSPS) is 33.0. The van der Waals surface area contributed by atoms with E-state index in [1.54, 1.807) is 0 Å². The molecule has 0 amide bonds. The molecular formula is C10H26N2. The van der Waals surface area contributed by atoms with Crippen LogP contribution in [0.3, 0.4) is 0 Å². The van der Waals surface area contributed by atoms with Gasteiger partial charge in [-0.15, -0.1) is 0 Å². The van der Waals surface area contributed by atoms with Gasteiger partial charge >= 0.3 is 0 Å². The Kier molecular flexibility index (Phi) is 5.81. The first-order valence-corrected chi connectivity index (χ1v) is 4.25. The van der Waals surface area contributed by atoms with Crippen LogP contribution in [0.5, 0.6) is 0 Å². The van der Waals surface area contributed by atoms with Crippen LogP contribution in [0.25, 0.3) is 0 Å². The van der Waals surface area contributed by atoms with Crippen LogP contribution in [0.15, 0.2) is 0 Å². The maximum atomic E-state index is 5.90. The van der Waals surface area contributed by atoms with Crippen LogP contribution < -0.4 is 11.9 Å². The smallest absolute Gasteiger partial charge is 0.00464 e. The van der Waals surface area contributed by atoms with Gasteiger partial charge in [-0.25, -0.2) is 0 Å². The maximum absolute atomic E-state index is 5.90. The Morgan fingerprint density at radius 2 is 1.75 bits per heavy atom. The molecule has 5 N–H and O–H groups in total. The molecule has 0 aromatic rings. The Bertz CT molecular complexity index is 109. The van der Waals surface area contributed by atoms with Crippen molar-refractivity contribution in [3.8, 4) is 0 Å². The van der Waals surface area contributed by atoms with Crippen LogP contribution in [0.4, 0.5) is 0 Å². The lowest BCUT2D eigenvalue weighted by Gasteiger charge is -2.37. The second-order valence-electron chi connectivity index (χ2n) is 4.67. The van der Waals surface area contributed by atoms with Gasteiger partial charge in [-0.1, -0.05) is 28.2 Å². The van der Waals surface area contributed by atoms with Gasteiger partial charge in [0.15, 0.2) is 0 Å². The largest absolute Gasteiger partial charge is 0.344 e. The van der Waals surface area contributed by atoms with Crippen molar-refractivity contribution in [3.05, 3.63) is 0 Å². The summed E-state index contributed by atoms with van der Waals surface area (Å²) in [6.07, 6.45) is 3.78. The van der Waals surface area contributed by atoms with Gasteiger partial charge in [0.25, 0.3) is 0 Å². The molecule has 0 bridgehead atoms. The molecule has 12 heavy (non-hydrogen) atoms. The molecule has 1 aliphatic rings. The second kappa shape index (κ2) is 4.83. The molecule has 1 fully saturated rings. The molecule has 2 heteroatoms. The van der Waals surface area contributed by atoms with Crippen LogP contribution >= 0.6 is 0 Å². The van der Waals surface area contributed by atoms with Crippen LogP contribution in [0.1, 0.15) is 47.5 Å². The van der Waals surface area contributed by atoms with Crippen LogP contribution in [0.2, 0.25) is 0 Å². The zero-order chi connectivity index (χ0) is 7.78. The lowest BCUT2D eigenvalue weighted by atomic mass is 9.71. The van der Waals surface area contributed by atoms with E-state index in [1.807, 2.05) is 0 Å². The van der Waals surface area contributed by atoms with Gasteiger partial charge in [0, 0.05) is 6.04 Å². The molecule has 76 valence electrons. The van der Waals surface area contributed by atoms with Crippen molar-refractivity contribution in [1.29, 1.82) is 0 Å². The Labute approximate surface area is 77.5 Å². The number of hydrogen-bond donors (Lipinski definition) is 2. The average molecular weight is 174 g/mol. The summed E-state index contributed by atoms with van der Waals surface area (Å²) < 4.78 is 0. The lowest BCUT2D eigenvalue weighted by molar-refractivity contribution is 0.170. The average Bonchev–Trinajstić information content (AvgIpc) is 1.54. The topological polar surface area (TPSA) is 61.0 Å². The highest BCUT2D eigenvalue weighted by Gasteiger charge is 2.29. The summed E-state index contributed by atoms with van der Waals surface area (Å²) in [5.74, 6) is 0.832. The van der Waals surface area contributed by atoms with Gasteiger partial charge in [-0.3, -0.25) is 0 Å². The molecule has 1 aliphatic carbocycles. The quantitative estimate of drug-likeness (QED) is 0.593. The fourth-order valence-electron chi connectivity index (χ4n) is 2.42. The van der Waals surface area contributed by atoms with Crippen molar-refractivity contribution < 1.29 is 0 Å². The first-order valence-electron chi connectivity index (χ1n) is 4.25. The van der Waals surface area contributed by atoms with Gasteiger partial charge in [0.2, 0.25) is 0 Å². The molecule has 0 saturated heterocycles. The minimum Gasteiger partial charge on any atom is -0.344 e. The highest BCUT2D eigenvalue weighted by molar-refractivity contribution is 4.84. The molecule has 0 aliphatic heterocycles. The van der Waals surface area contributed by atoms with E-state index in [-0.39, 0.29) is 13.6 Å². The first kappa shape index (κ1) is 14.4. The van der Waals surface area contributed by atoms with Crippen LogP contribution in [-0.2, 0) is 0 Å². The Morgan fingerprint density at radius 1 is 1.25 bits per heavy atom. The third-order valence-corrected chi connectivity index (χ3v) is 2.42. The van der Waals surface area contributed by atoms with Crippen molar-refractivity contribution in [2.24, 2.45) is 17.1 Å². The van der Waals surface area contributed by atoms with E-state index < -0.39 is 0 Å². The minimum atomic E-state index is 0. The molecule has 0 aromatic carbocycles. The van der Waals surface area contributed by atoms with Gasteiger partial charge in [-0.05, 0) is 30.6 Å². The van der Waals surface area contributed by atoms with Crippen LogP contribution in [-0.4, -0.2) is 6.04 Å².